The summed E-state index contributed by atoms with van der Waals surface area (Å²) < 4.78 is 128. The predicted octanol–water partition coefficient (Wildman–Crippen LogP) is 7.02. The van der Waals surface area contributed by atoms with Crippen molar-refractivity contribution < 1.29 is 77.8 Å². The van der Waals surface area contributed by atoms with Gasteiger partial charge in [0.15, 0.2) is 0 Å². The molecule has 0 spiro atoms. The van der Waals surface area contributed by atoms with Gasteiger partial charge in [0.2, 0.25) is 0 Å². The average molecular weight is 562 g/mol. The first-order valence-electron chi connectivity index (χ1n) is 8.98. The van der Waals surface area contributed by atoms with Crippen LogP contribution in [-0.2, 0) is 23.7 Å². The van der Waals surface area contributed by atoms with Crippen molar-refractivity contribution in [1.29, 1.82) is 0 Å². The Labute approximate surface area is 209 Å². The summed E-state index contributed by atoms with van der Waals surface area (Å²) in [6.07, 6.45) is 12.3. The molecule has 2 N–H and O–H groups in total. The standard InChI is InChI=1S/2C6F5.2C5H6O.O.Ti/c2*7-2-1-3(8)5(10)6(11)4(2)9;2*6-5-3-1-2-4-5;;/h;;2*1-3,6H,4H2;;/q2*-1;;;;+2. The number of rotatable bonds is 0. The van der Waals surface area contributed by atoms with Crippen molar-refractivity contribution in [1.82, 2.24) is 0 Å². The van der Waals surface area contributed by atoms with Gasteiger partial charge in [-0.25, -0.2) is 26.3 Å². The Morgan fingerprint density at radius 2 is 0.778 bits per heavy atom. The van der Waals surface area contributed by atoms with Crippen LogP contribution >= 0.6 is 0 Å². The van der Waals surface area contributed by atoms with E-state index in [2.05, 4.69) is 0 Å². The zero-order valence-electron chi connectivity index (χ0n) is 17.5. The fourth-order valence-corrected chi connectivity index (χ4v) is 1.86. The molecular formula is C22H12F10O3Ti. The molecule has 0 atom stereocenters. The molecule has 4 rings (SSSR count). The van der Waals surface area contributed by atoms with E-state index in [1.807, 2.05) is 24.3 Å². The monoisotopic (exact) mass is 562 g/mol. The molecule has 2 aromatic carbocycles. The summed E-state index contributed by atoms with van der Waals surface area (Å²) in [6, 6.07) is 2.05. The van der Waals surface area contributed by atoms with Crippen LogP contribution in [0, 0.1) is 70.3 Å². The summed E-state index contributed by atoms with van der Waals surface area (Å²) in [6.45, 7) is 0. The van der Waals surface area contributed by atoms with Crippen LogP contribution in [0.2, 0.25) is 0 Å². The van der Waals surface area contributed by atoms with Gasteiger partial charge in [-0.05, 0) is 12.2 Å². The predicted molar refractivity (Wildman–Crippen MR) is 99.8 cm³/mol. The van der Waals surface area contributed by atoms with Crippen molar-refractivity contribution in [2.75, 3.05) is 0 Å². The molecule has 0 aliphatic heterocycles. The zero-order valence-corrected chi connectivity index (χ0v) is 19.0. The van der Waals surface area contributed by atoms with Crippen molar-refractivity contribution in [3.8, 4) is 0 Å². The normalized spacial score (nSPS) is 12.6. The Hall–Kier alpha value is -3.19. The van der Waals surface area contributed by atoms with E-state index in [9.17, 15) is 43.9 Å². The molecule has 0 saturated heterocycles. The molecule has 2 aromatic rings. The summed E-state index contributed by atoms with van der Waals surface area (Å²) >= 11 is 0.750. The van der Waals surface area contributed by atoms with Gasteiger partial charge in [-0.15, -0.1) is 12.1 Å². The van der Waals surface area contributed by atoms with Gasteiger partial charge < -0.3 is 10.2 Å². The second-order valence-electron chi connectivity index (χ2n) is 5.97. The number of hydrogen-bond acceptors (Lipinski definition) is 3. The van der Waals surface area contributed by atoms with Crippen molar-refractivity contribution in [2.24, 2.45) is 0 Å². The number of hydrogen-bond donors (Lipinski definition) is 2. The number of halogens is 10. The molecule has 192 valence electrons. The fourth-order valence-electron chi connectivity index (χ4n) is 1.86. The molecule has 2 aliphatic carbocycles. The van der Waals surface area contributed by atoms with Crippen LogP contribution in [-0.4, -0.2) is 10.2 Å². The first kappa shape index (κ1) is 32.8. The SMILES string of the molecule is Fc1[c-]c(F)c(F)c(F)c1F.Fc1[c-]c(F)c(F)c(F)c1F.OC1=CC=CC1.OC1=CC=CC1.[O]=[Ti+2]. The maximum atomic E-state index is 12.0. The van der Waals surface area contributed by atoms with Gasteiger partial charge >= 0.3 is 23.7 Å². The molecule has 0 bridgehead atoms. The van der Waals surface area contributed by atoms with Crippen molar-refractivity contribution in [3.05, 3.63) is 118 Å². The minimum absolute atomic E-state index is 0.468. The molecule has 0 radical (unpaired) electrons. The zero-order chi connectivity index (χ0) is 28.0. The molecule has 0 unspecified atom stereocenters. The molecule has 14 heteroatoms. The maximum absolute atomic E-state index is 12.0. The topological polar surface area (TPSA) is 57.5 Å². The van der Waals surface area contributed by atoms with Crippen LogP contribution < -0.4 is 0 Å². The van der Waals surface area contributed by atoms with E-state index in [4.69, 9.17) is 13.5 Å². The van der Waals surface area contributed by atoms with Gasteiger partial charge in [0.25, 0.3) is 0 Å². The van der Waals surface area contributed by atoms with E-state index in [1.54, 1.807) is 12.2 Å². The van der Waals surface area contributed by atoms with E-state index in [-0.39, 0.29) is 0 Å². The molecule has 0 saturated carbocycles. The Kier molecular flexibility index (Phi) is 15.0. The Morgan fingerprint density at radius 3 is 0.917 bits per heavy atom. The summed E-state index contributed by atoms with van der Waals surface area (Å²) in [5.41, 5.74) is 0. The molecular weight excluding hydrogens is 550 g/mol. The van der Waals surface area contributed by atoms with Gasteiger partial charge in [-0.1, -0.05) is 24.3 Å². The first-order chi connectivity index (χ1) is 16.9. The summed E-state index contributed by atoms with van der Waals surface area (Å²) in [4.78, 5) is 0. The van der Waals surface area contributed by atoms with E-state index < -0.39 is 58.2 Å². The van der Waals surface area contributed by atoms with Gasteiger partial charge in [0.1, 0.15) is 0 Å². The van der Waals surface area contributed by atoms with Crippen LogP contribution in [0.4, 0.5) is 43.9 Å². The number of aliphatic hydroxyl groups excluding tert-OH is 2. The van der Waals surface area contributed by atoms with Crippen LogP contribution in [0.5, 0.6) is 0 Å². The number of aliphatic hydroxyl groups is 2. The van der Waals surface area contributed by atoms with Gasteiger partial charge in [0, 0.05) is 12.8 Å². The molecule has 0 heterocycles. The average Bonchev–Trinajstić information content (AvgIpc) is 3.54. The molecule has 2 aliphatic rings. The summed E-state index contributed by atoms with van der Waals surface area (Å²) in [7, 11) is 0. The summed E-state index contributed by atoms with van der Waals surface area (Å²) in [5, 5.41) is 17.1. The Bertz CT molecular complexity index is 1020. The molecule has 0 aromatic heterocycles. The molecule has 0 fully saturated rings. The third kappa shape index (κ3) is 10.6. The number of allylic oxidation sites excluding steroid dienone is 6. The third-order valence-electron chi connectivity index (χ3n) is 3.48. The van der Waals surface area contributed by atoms with Gasteiger partial charge in [0.05, 0.1) is 69.7 Å². The van der Waals surface area contributed by atoms with Crippen molar-refractivity contribution in [2.45, 2.75) is 12.8 Å². The van der Waals surface area contributed by atoms with Crippen molar-refractivity contribution in [3.63, 3.8) is 0 Å². The third-order valence-corrected chi connectivity index (χ3v) is 3.48. The molecule has 0 amide bonds. The van der Waals surface area contributed by atoms with Gasteiger partial charge in [-0.2, -0.15) is 0 Å². The van der Waals surface area contributed by atoms with Crippen LogP contribution in [0.3, 0.4) is 0 Å². The van der Waals surface area contributed by atoms with Gasteiger partial charge in [-0.3, -0.25) is 17.6 Å². The van der Waals surface area contributed by atoms with Crippen molar-refractivity contribution >= 4 is 0 Å². The Morgan fingerprint density at radius 1 is 0.528 bits per heavy atom. The number of benzene rings is 2. The second-order valence-corrected chi connectivity index (χ2v) is 5.97. The van der Waals surface area contributed by atoms with E-state index in [0.717, 1.165) is 45.4 Å². The van der Waals surface area contributed by atoms with Crippen LogP contribution in [0.15, 0.2) is 48.0 Å². The molecule has 36 heavy (non-hydrogen) atoms. The van der Waals surface area contributed by atoms with Crippen LogP contribution in [0.25, 0.3) is 0 Å². The second kappa shape index (κ2) is 16.5. The van der Waals surface area contributed by atoms with E-state index >= 15 is 0 Å². The van der Waals surface area contributed by atoms with E-state index in [0.29, 0.717) is 11.5 Å². The summed E-state index contributed by atoms with van der Waals surface area (Å²) in [5.74, 6) is -19.2. The fraction of sp³-hybridized carbons (Fsp3) is 0.0909. The van der Waals surface area contributed by atoms with E-state index in [1.165, 1.54) is 0 Å². The quantitative estimate of drug-likeness (QED) is 0.119. The first-order valence-corrected chi connectivity index (χ1v) is 9.61. The Balaban J connectivity index is 0.000000458. The minimum atomic E-state index is -2.17. The van der Waals surface area contributed by atoms with Crippen LogP contribution in [0.1, 0.15) is 12.8 Å². The molecule has 3 nitrogen and oxygen atoms in total.